The van der Waals surface area contributed by atoms with Crippen molar-refractivity contribution < 1.29 is 14.7 Å². The monoisotopic (exact) mass is 412 g/mol. The van der Waals surface area contributed by atoms with Gasteiger partial charge in [-0.3, -0.25) is 4.79 Å². The van der Waals surface area contributed by atoms with Gasteiger partial charge >= 0.3 is 5.97 Å². The van der Waals surface area contributed by atoms with E-state index in [1.54, 1.807) is 12.1 Å². The zero-order chi connectivity index (χ0) is 15.6. The van der Waals surface area contributed by atoms with Crippen LogP contribution >= 0.6 is 31.9 Å². The number of hydrogen-bond donors (Lipinski definition) is 3. The van der Waals surface area contributed by atoms with E-state index in [0.717, 1.165) is 4.47 Å². The van der Waals surface area contributed by atoms with Crippen molar-refractivity contribution in [1.82, 2.24) is 0 Å². The summed E-state index contributed by atoms with van der Waals surface area (Å²) in [6, 6.07) is 9.22. The first-order chi connectivity index (χ1) is 9.88. The summed E-state index contributed by atoms with van der Waals surface area (Å²) in [6.45, 7) is 0. The highest BCUT2D eigenvalue weighted by Gasteiger charge is 2.14. The molecule has 0 bridgehead atoms. The van der Waals surface area contributed by atoms with E-state index in [0.29, 0.717) is 21.4 Å². The standard InChI is InChI=1S/C14H10Br2N2O3/c15-8-5-10(12(17)11(16)6-8)13(19)18-9-3-1-7(2-4-9)14(20)21/h1-6H,17H2,(H,18,19)(H,20,21). The van der Waals surface area contributed by atoms with E-state index in [2.05, 4.69) is 37.2 Å². The second kappa shape index (κ2) is 6.28. The van der Waals surface area contributed by atoms with Crippen LogP contribution in [0.25, 0.3) is 0 Å². The molecule has 0 aromatic heterocycles. The molecule has 0 unspecified atom stereocenters. The second-order valence-electron chi connectivity index (χ2n) is 4.19. The van der Waals surface area contributed by atoms with Crippen molar-refractivity contribution in [1.29, 1.82) is 0 Å². The average Bonchev–Trinajstić information content (AvgIpc) is 2.43. The lowest BCUT2D eigenvalue weighted by Crippen LogP contribution is -2.14. The first-order valence-electron chi connectivity index (χ1n) is 5.77. The average molecular weight is 414 g/mol. The molecule has 0 heterocycles. The van der Waals surface area contributed by atoms with Crippen molar-refractivity contribution in [2.24, 2.45) is 0 Å². The van der Waals surface area contributed by atoms with Gasteiger partial charge in [0.1, 0.15) is 0 Å². The highest BCUT2D eigenvalue weighted by molar-refractivity contribution is 9.11. The molecule has 0 spiro atoms. The van der Waals surface area contributed by atoms with Crippen LogP contribution < -0.4 is 11.1 Å². The lowest BCUT2D eigenvalue weighted by molar-refractivity contribution is 0.0696. The van der Waals surface area contributed by atoms with E-state index < -0.39 is 5.97 Å². The number of benzene rings is 2. The van der Waals surface area contributed by atoms with Gasteiger partial charge in [-0.15, -0.1) is 0 Å². The molecular weight excluding hydrogens is 404 g/mol. The highest BCUT2D eigenvalue weighted by Crippen LogP contribution is 2.28. The third-order valence-corrected chi connectivity index (χ3v) is 3.84. The van der Waals surface area contributed by atoms with Crippen LogP contribution in [0.2, 0.25) is 0 Å². The van der Waals surface area contributed by atoms with Crippen LogP contribution in [0.15, 0.2) is 45.3 Å². The summed E-state index contributed by atoms with van der Waals surface area (Å²) in [5.74, 6) is -1.40. The molecule has 0 radical (unpaired) electrons. The number of rotatable bonds is 3. The molecule has 108 valence electrons. The summed E-state index contributed by atoms with van der Waals surface area (Å²) in [5, 5.41) is 11.5. The molecule has 7 heteroatoms. The Bertz CT molecular complexity index is 715. The van der Waals surface area contributed by atoms with Crippen LogP contribution in [0.5, 0.6) is 0 Å². The van der Waals surface area contributed by atoms with Crippen molar-refractivity contribution >= 4 is 55.1 Å². The van der Waals surface area contributed by atoms with Crippen molar-refractivity contribution in [3.05, 3.63) is 56.5 Å². The number of nitrogens with two attached hydrogens (primary N) is 1. The zero-order valence-corrected chi connectivity index (χ0v) is 13.7. The SMILES string of the molecule is Nc1c(Br)cc(Br)cc1C(=O)Nc1ccc(C(=O)O)cc1. The Hall–Kier alpha value is -1.86. The van der Waals surface area contributed by atoms with Gasteiger partial charge in [-0.1, -0.05) is 15.9 Å². The molecule has 2 aromatic rings. The minimum Gasteiger partial charge on any atom is -0.478 e. The summed E-state index contributed by atoms with van der Waals surface area (Å²) >= 11 is 6.57. The quantitative estimate of drug-likeness (QED) is 0.668. The zero-order valence-electron chi connectivity index (χ0n) is 10.6. The Morgan fingerprint density at radius 2 is 1.71 bits per heavy atom. The largest absolute Gasteiger partial charge is 0.478 e. The Balaban J connectivity index is 2.24. The molecular formula is C14H10Br2N2O3. The van der Waals surface area contributed by atoms with Gasteiger partial charge in [0.2, 0.25) is 0 Å². The van der Waals surface area contributed by atoms with Gasteiger partial charge < -0.3 is 16.2 Å². The lowest BCUT2D eigenvalue weighted by Gasteiger charge is -2.10. The van der Waals surface area contributed by atoms with Crippen LogP contribution in [0.4, 0.5) is 11.4 Å². The van der Waals surface area contributed by atoms with Crippen molar-refractivity contribution in [2.75, 3.05) is 11.1 Å². The Labute approximate surface area is 137 Å². The lowest BCUT2D eigenvalue weighted by atomic mass is 10.1. The number of halogens is 2. The van der Waals surface area contributed by atoms with Crippen LogP contribution in [-0.2, 0) is 0 Å². The predicted molar refractivity (Wildman–Crippen MR) is 87.6 cm³/mol. The molecule has 0 saturated carbocycles. The van der Waals surface area contributed by atoms with Gasteiger partial charge in [0.05, 0.1) is 16.8 Å². The number of carbonyl (C=O) groups excluding carboxylic acids is 1. The summed E-state index contributed by atoms with van der Waals surface area (Å²) in [7, 11) is 0. The Morgan fingerprint density at radius 3 is 2.29 bits per heavy atom. The number of amides is 1. The van der Waals surface area contributed by atoms with E-state index in [1.807, 2.05) is 0 Å². The van der Waals surface area contributed by atoms with E-state index in [1.165, 1.54) is 24.3 Å². The maximum Gasteiger partial charge on any atom is 0.335 e. The maximum atomic E-state index is 12.2. The molecule has 4 N–H and O–H groups in total. The topological polar surface area (TPSA) is 92.4 Å². The Kier molecular flexibility index (Phi) is 4.64. The molecule has 0 fully saturated rings. The number of carboxylic acids is 1. The number of anilines is 2. The van der Waals surface area contributed by atoms with Gasteiger partial charge in [-0.2, -0.15) is 0 Å². The second-order valence-corrected chi connectivity index (χ2v) is 5.96. The predicted octanol–water partition coefficient (Wildman–Crippen LogP) is 3.74. The van der Waals surface area contributed by atoms with E-state index in [9.17, 15) is 9.59 Å². The molecule has 1 amide bonds. The summed E-state index contributed by atoms with van der Waals surface area (Å²) in [6.07, 6.45) is 0. The molecule has 0 aliphatic rings. The molecule has 2 aromatic carbocycles. The van der Waals surface area contributed by atoms with Crippen molar-refractivity contribution in [2.45, 2.75) is 0 Å². The summed E-state index contributed by atoms with van der Waals surface area (Å²) < 4.78 is 1.33. The van der Waals surface area contributed by atoms with Crippen LogP contribution in [0.3, 0.4) is 0 Å². The molecule has 0 aliphatic carbocycles. The van der Waals surface area contributed by atoms with Crippen molar-refractivity contribution in [3.8, 4) is 0 Å². The number of carbonyl (C=O) groups is 2. The molecule has 0 atom stereocenters. The number of hydrogen-bond acceptors (Lipinski definition) is 3. The fourth-order valence-corrected chi connectivity index (χ4v) is 2.89. The third kappa shape index (κ3) is 3.62. The highest BCUT2D eigenvalue weighted by atomic mass is 79.9. The number of aromatic carboxylic acids is 1. The molecule has 5 nitrogen and oxygen atoms in total. The van der Waals surface area contributed by atoms with Gasteiger partial charge in [0, 0.05) is 14.6 Å². The van der Waals surface area contributed by atoms with Gasteiger partial charge in [0.25, 0.3) is 5.91 Å². The fourth-order valence-electron chi connectivity index (χ4n) is 1.67. The molecule has 2 rings (SSSR count). The fraction of sp³-hybridized carbons (Fsp3) is 0. The van der Waals surface area contributed by atoms with E-state index in [4.69, 9.17) is 10.8 Å². The summed E-state index contributed by atoms with van der Waals surface area (Å²) in [5.41, 5.74) is 7.15. The van der Waals surface area contributed by atoms with E-state index >= 15 is 0 Å². The van der Waals surface area contributed by atoms with Crippen molar-refractivity contribution in [3.63, 3.8) is 0 Å². The van der Waals surface area contributed by atoms with Crippen LogP contribution in [0, 0.1) is 0 Å². The number of carboxylic acid groups (broad SMARTS) is 1. The van der Waals surface area contributed by atoms with Gasteiger partial charge in [-0.25, -0.2) is 4.79 Å². The normalized spacial score (nSPS) is 10.2. The third-order valence-electron chi connectivity index (χ3n) is 2.73. The first-order valence-corrected chi connectivity index (χ1v) is 7.36. The summed E-state index contributed by atoms with van der Waals surface area (Å²) in [4.78, 5) is 23.0. The number of nitrogens with one attached hydrogen (secondary N) is 1. The molecule has 0 aliphatic heterocycles. The number of nitrogen functional groups attached to an aromatic ring is 1. The minimum absolute atomic E-state index is 0.151. The van der Waals surface area contributed by atoms with Gasteiger partial charge in [0.15, 0.2) is 0 Å². The van der Waals surface area contributed by atoms with E-state index in [-0.39, 0.29) is 11.5 Å². The maximum absolute atomic E-state index is 12.2. The minimum atomic E-state index is -1.02. The Morgan fingerprint density at radius 1 is 1.10 bits per heavy atom. The molecule has 0 saturated heterocycles. The first kappa shape index (κ1) is 15.5. The smallest absolute Gasteiger partial charge is 0.335 e. The van der Waals surface area contributed by atoms with Crippen LogP contribution in [0.1, 0.15) is 20.7 Å². The van der Waals surface area contributed by atoms with Gasteiger partial charge in [-0.05, 0) is 52.3 Å². The molecule has 21 heavy (non-hydrogen) atoms. The van der Waals surface area contributed by atoms with Crippen LogP contribution in [-0.4, -0.2) is 17.0 Å².